The van der Waals surface area contributed by atoms with Crippen molar-refractivity contribution in [3.05, 3.63) is 0 Å². The smallest absolute Gasteiger partial charge is 0.102 e. The molecule has 0 aliphatic carbocycles. The molecule has 0 amide bonds. The summed E-state index contributed by atoms with van der Waals surface area (Å²) in [5.74, 6) is 0. The van der Waals surface area contributed by atoms with Crippen LogP contribution in [0.25, 0.3) is 0 Å². The number of halogens is 2. The van der Waals surface area contributed by atoms with Crippen LogP contribution in [-0.2, 0) is 0 Å². The molecule has 1 atom stereocenters. The molecule has 0 aliphatic rings. The molecule has 0 N–H and O–H groups in total. The third-order valence-corrected chi connectivity index (χ3v) is 0.865. The Morgan fingerprint density at radius 1 is 1.57 bits per heavy atom. The van der Waals surface area contributed by atoms with Gasteiger partial charge in [0.05, 0.1) is 6.67 Å². The van der Waals surface area contributed by atoms with E-state index in [1.165, 1.54) is 0 Å². The first kappa shape index (κ1) is 6.86. The van der Waals surface area contributed by atoms with E-state index in [0.717, 1.165) is 0 Å². The van der Waals surface area contributed by atoms with E-state index in [4.69, 9.17) is 0 Å². The molecule has 0 fully saturated rings. The zero-order valence-electron chi connectivity index (χ0n) is 4.45. The molecule has 0 heterocycles. The number of rotatable bonds is 3. The lowest BCUT2D eigenvalue weighted by atomic mass is 10.2. The van der Waals surface area contributed by atoms with Crippen molar-refractivity contribution in [2.75, 3.05) is 6.67 Å². The van der Waals surface area contributed by atoms with Crippen molar-refractivity contribution in [1.82, 2.24) is 0 Å². The molecule has 0 aromatic heterocycles. The lowest BCUT2D eigenvalue weighted by Gasteiger charge is -1.96. The summed E-state index contributed by atoms with van der Waals surface area (Å²) in [4.78, 5) is 0. The van der Waals surface area contributed by atoms with Crippen LogP contribution in [0.3, 0.4) is 0 Å². The van der Waals surface area contributed by atoms with Gasteiger partial charge < -0.3 is 0 Å². The van der Waals surface area contributed by atoms with Crippen molar-refractivity contribution in [3.63, 3.8) is 0 Å². The fourth-order valence-corrected chi connectivity index (χ4v) is 0.323. The van der Waals surface area contributed by atoms with Crippen LogP contribution in [0.15, 0.2) is 0 Å². The second kappa shape index (κ2) is 4.03. The molecule has 7 heavy (non-hydrogen) atoms. The molecule has 0 aliphatic heterocycles. The Morgan fingerprint density at radius 2 is 2.14 bits per heavy atom. The minimum absolute atomic E-state index is 0.0660. The molecule has 0 nitrogen and oxygen atoms in total. The lowest BCUT2D eigenvalue weighted by Crippen LogP contribution is -1.97. The Bertz CT molecular complexity index is 37.1. The maximum atomic E-state index is 11.9. The molecule has 0 aromatic rings. The van der Waals surface area contributed by atoms with E-state index in [1.54, 1.807) is 6.92 Å². The summed E-state index contributed by atoms with van der Waals surface area (Å²) in [7, 11) is 0. The molecule has 0 radical (unpaired) electrons. The van der Waals surface area contributed by atoms with Crippen LogP contribution in [0.2, 0.25) is 0 Å². The van der Waals surface area contributed by atoms with Crippen LogP contribution < -0.4 is 0 Å². The summed E-state index contributed by atoms with van der Waals surface area (Å²) in [6.07, 6.45) is -0.426. The molecular weight excluding hydrogens is 98.1 g/mol. The third-order valence-electron chi connectivity index (χ3n) is 0.865. The van der Waals surface area contributed by atoms with Gasteiger partial charge in [-0.2, -0.15) is 0 Å². The van der Waals surface area contributed by atoms with Gasteiger partial charge in [0, 0.05) is 6.42 Å². The van der Waals surface area contributed by atoms with Crippen molar-refractivity contribution in [3.8, 4) is 0 Å². The largest absolute Gasteiger partial charge is 0.251 e. The van der Waals surface area contributed by atoms with Crippen molar-refractivity contribution < 1.29 is 8.78 Å². The highest BCUT2D eigenvalue weighted by atomic mass is 19.1. The lowest BCUT2D eigenvalue weighted by molar-refractivity contribution is 0.276. The fraction of sp³-hybridized carbons (Fsp3) is 1.00. The number of alkyl halides is 2. The molecule has 0 aromatic carbocycles. The third kappa shape index (κ3) is 3.70. The highest BCUT2D eigenvalue weighted by Crippen LogP contribution is 2.01. The Morgan fingerprint density at radius 3 is 2.29 bits per heavy atom. The second-order valence-corrected chi connectivity index (χ2v) is 1.48. The Labute approximate surface area is 42.5 Å². The normalized spacial score (nSPS) is 14.1. The van der Waals surface area contributed by atoms with Crippen LogP contribution in [0.1, 0.15) is 19.8 Å². The zero-order valence-corrected chi connectivity index (χ0v) is 4.45. The minimum Gasteiger partial charge on any atom is -0.251 e. The van der Waals surface area contributed by atoms with Gasteiger partial charge in [0.1, 0.15) is 6.17 Å². The molecule has 0 rings (SSSR count). The first-order valence-corrected chi connectivity index (χ1v) is 2.51. The van der Waals surface area contributed by atoms with Crippen LogP contribution in [0, 0.1) is 0 Å². The van der Waals surface area contributed by atoms with Crippen LogP contribution in [0.5, 0.6) is 0 Å². The summed E-state index contributed by atoms with van der Waals surface area (Å²) in [6.45, 7) is 1.18. The van der Waals surface area contributed by atoms with E-state index in [1.807, 2.05) is 0 Å². The summed E-state index contributed by atoms with van der Waals surface area (Å²) >= 11 is 0. The first-order chi connectivity index (χ1) is 3.31. The molecular formula is C5H10F2. The summed E-state index contributed by atoms with van der Waals surface area (Å²) in [5.41, 5.74) is 0. The molecule has 0 spiro atoms. The van der Waals surface area contributed by atoms with E-state index < -0.39 is 12.8 Å². The molecule has 0 saturated carbocycles. The van der Waals surface area contributed by atoms with E-state index in [2.05, 4.69) is 0 Å². The summed E-state index contributed by atoms with van der Waals surface area (Å²) < 4.78 is 23.1. The van der Waals surface area contributed by atoms with Crippen molar-refractivity contribution >= 4 is 0 Å². The van der Waals surface area contributed by atoms with E-state index in [0.29, 0.717) is 6.42 Å². The Hall–Kier alpha value is -0.140. The molecule has 1 unspecified atom stereocenters. The quantitative estimate of drug-likeness (QED) is 0.519. The highest BCUT2D eigenvalue weighted by Gasteiger charge is 1.99. The predicted molar refractivity (Wildman–Crippen MR) is 25.8 cm³/mol. The Balaban J connectivity index is 2.83. The second-order valence-electron chi connectivity index (χ2n) is 1.48. The van der Waals surface area contributed by atoms with Gasteiger partial charge in [-0.25, -0.2) is 4.39 Å². The van der Waals surface area contributed by atoms with Gasteiger partial charge in [0.15, 0.2) is 0 Å². The molecule has 44 valence electrons. The average Bonchev–Trinajstić information content (AvgIpc) is 1.68. The van der Waals surface area contributed by atoms with Gasteiger partial charge in [0.25, 0.3) is 0 Å². The van der Waals surface area contributed by atoms with Gasteiger partial charge in [-0.05, 0) is 6.42 Å². The van der Waals surface area contributed by atoms with Gasteiger partial charge in [-0.1, -0.05) is 6.92 Å². The van der Waals surface area contributed by atoms with Gasteiger partial charge in [-0.15, -0.1) is 0 Å². The topological polar surface area (TPSA) is 0 Å². The summed E-state index contributed by atoms with van der Waals surface area (Å²) in [5, 5.41) is 0. The molecule has 2 heteroatoms. The van der Waals surface area contributed by atoms with Gasteiger partial charge in [-0.3, -0.25) is 4.39 Å². The van der Waals surface area contributed by atoms with Crippen LogP contribution >= 0.6 is 0 Å². The van der Waals surface area contributed by atoms with Crippen molar-refractivity contribution in [1.29, 1.82) is 0 Å². The fourth-order valence-electron chi connectivity index (χ4n) is 0.323. The zero-order chi connectivity index (χ0) is 5.70. The van der Waals surface area contributed by atoms with E-state index in [9.17, 15) is 8.78 Å². The molecule has 0 bridgehead atoms. The average molecular weight is 108 g/mol. The number of hydrogen-bond donors (Lipinski definition) is 0. The monoisotopic (exact) mass is 108 g/mol. The molecule has 0 saturated heterocycles. The van der Waals surface area contributed by atoms with Crippen LogP contribution in [0.4, 0.5) is 8.78 Å². The number of hydrogen-bond acceptors (Lipinski definition) is 0. The van der Waals surface area contributed by atoms with Gasteiger partial charge in [0.2, 0.25) is 0 Å². The predicted octanol–water partition coefficient (Wildman–Crippen LogP) is 2.09. The Kier molecular flexibility index (Phi) is 3.95. The maximum Gasteiger partial charge on any atom is 0.102 e. The maximum absolute atomic E-state index is 11.9. The van der Waals surface area contributed by atoms with Gasteiger partial charge >= 0.3 is 0 Å². The van der Waals surface area contributed by atoms with E-state index >= 15 is 0 Å². The SMILES string of the molecule is CCC(F)CCF. The van der Waals surface area contributed by atoms with E-state index in [-0.39, 0.29) is 6.42 Å². The van der Waals surface area contributed by atoms with Crippen molar-refractivity contribution in [2.45, 2.75) is 25.9 Å². The van der Waals surface area contributed by atoms with Crippen molar-refractivity contribution in [2.24, 2.45) is 0 Å². The van der Waals surface area contributed by atoms with Crippen LogP contribution in [-0.4, -0.2) is 12.8 Å². The highest BCUT2D eigenvalue weighted by molar-refractivity contribution is 4.49. The summed E-state index contributed by atoms with van der Waals surface area (Å²) in [6, 6.07) is 0. The first-order valence-electron chi connectivity index (χ1n) is 2.51. The minimum atomic E-state index is -0.926. The standard InChI is InChI=1S/C5H10F2/c1-2-5(7)3-4-6/h5H,2-4H2,1H3.